The number of benzene rings is 1. The minimum atomic E-state index is 0.00645. The standard InChI is InChI=1S/C19H16Cl2N2/c1-19(2)9-13(7-15(10-19)16(11-22)12-23)3-4-14-5-6-17(20)8-18(14)21/h3-8H,9-10H2,1-2H3. The van der Waals surface area contributed by atoms with E-state index in [2.05, 4.69) is 13.8 Å². The van der Waals surface area contributed by atoms with Gasteiger partial charge in [0.2, 0.25) is 0 Å². The van der Waals surface area contributed by atoms with E-state index in [-0.39, 0.29) is 11.0 Å². The zero-order valence-electron chi connectivity index (χ0n) is 13.0. The third-order valence-electron chi connectivity index (χ3n) is 3.70. The molecule has 1 aliphatic carbocycles. The molecule has 1 aromatic rings. The quantitative estimate of drug-likeness (QED) is 0.609. The fourth-order valence-corrected chi connectivity index (χ4v) is 3.20. The van der Waals surface area contributed by atoms with E-state index in [9.17, 15) is 0 Å². The normalized spacial score (nSPS) is 16.6. The molecular weight excluding hydrogens is 327 g/mol. The van der Waals surface area contributed by atoms with E-state index in [1.165, 1.54) is 0 Å². The van der Waals surface area contributed by atoms with Crippen LogP contribution in [0, 0.1) is 28.1 Å². The van der Waals surface area contributed by atoms with Crippen LogP contribution in [0.4, 0.5) is 0 Å². The minimum absolute atomic E-state index is 0.00645. The summed E-state index contributed by atoms with van der Waals surface area (Å²) in [6.07, 6.45) is 7.46. The molecular formula is C19H16Cl2N2. The van der Waals surface area contributed by atoms with E-state index in [1.807, 2.05) is 36.4 Å². The molecule has 0 atom stereocenters. The molecule has 1 aromatic carbocycles. The van der Waals surface area contributed by atoms with Gasteiger partial charge >= 0.3 is 0 Å². The molecule has 0 aromatic heterocycles. The molecule has 116 valence electrons. The van der Waals surface area contributed by atoms with Crippen LogP contribution < -0.4 is 0 Å². The van der Waals surface area contributed by atoms with Crippen LogP contribution >= 0.6 is 23.2 Å². The first kappa shape index (κ1) is 17.4. The maximum Gasteiger partial charge on any atom is 0.132 e. The molecule has 0 N–H and O–H groups in total. The van der Waals surface area contributed by atoms with E-state index in [1.54, 1.807) is 12.1 Å². The molecule has 0 spiro atoms. The van der Waals surface area contributed by atoms with Crippen molar-refractivity contribution < 1.29 is 0 Å². The lowest BCUT2D eigenvalue weighted by atomic mass is 9.74. The first-order valence-electron chi connectivity index (χ1n) is 7.22. The Kier molecular flexibility index (Phi) is 5.32. The summed E-state index contributed by atoms with van der Waals surface area (Å²) in [5.74, 6) is 0. The van der Waals surface area contributed by atoms with Gasteiger partial charge in [0.25, 0.3) is 0 Å². The van der Waals surface area contributed by atoms with Crippen molar-refractivity contribution in [2.45, 2.75) is 26.7 Å². The lowest BCUT2D eigenvalue weighted by Crippen LogP contribution is -2.17. The second-order valence-electron chi connectivity index (χ2n) is 6.36. The van der Waals surface area contributed by atoms with Crippen molar-refractivity contribution in [3.8, 4) is 12.1 Å². The number of hydrogen-bond acceptors (Lipinski definition) is 2. The van der Waals surface area contributed by atoms with Crippen LogP contribution in [0.5, 0.6) is 0 Å². The van der Waals surface area contributed by atoms with Gasteiger partial charge in [-0.25, -0.2) is 0 Å². The fraction of sp³-hybridized carbons (Fsp3) is 0.263. The minimum Gasteiger partial charge on any atom is -0.192 e. The van der Waals surface area contributed by atoms with Gasteiger partial charge in [0.1, 0.15) is 17.7 Å². The van der Waals surface area contributed by atoms with Crippen LogP contribution in [0.3, 0.4) is 0 Å². The monoisotopic (exact) mass is 342 g/mol. The van der Waals surface area contributed by atoms with Gasteiger partial charge in [-0.2, -0.15) is 10.5 Å². The zero-order chi connectivity index (χ0) is 17.0. The van der Waals surface area contributed by atoms with Gasteiger partial charge < -0.3 is 0 Å². The van der Waals surface area contributed by atoms with Gasteiger partial charge in [0, 0.05) is 10.0 Å². The average Bonchev–Trinajstić information content (AvgIpc) is 2.46. The molecule has 0 bridgehead atoms. The maximum atomic E-state index is 9.10. The van der Waals surface area contributed by atoms with Gasteiger partial charge in [0.15, 0.2) is 0 Å². The Morgan fingerprint density at radius 1 is 1.13 bits per heavy atom. The van der Waals surface area contributed by atoms with Crippen LogP contribution in [0.1, 0.15) is 32.3 Å². The Balaban J connectivity index is 2.38. The number of allylic oxidation sites excluding steroid dienone is 5. The summed E-state index contributed by atoms with van der Waals surface area (Å²) in [5, 5.41) is 19.4. The Morgan fingerprint density at radius 2 is 1.83 bits per heavy atom. The zero-order valence-corrected chi connectivity index (χ0v) is 14.5. The van der Waals surface area contributed by atoms with Crippen LogP contribution in [0.2, 0.25) is 10.0 Å². The lowest BCUT2D eigenvalue weighted by Gasteiger charge is -2.30. The van der Waals surface area contributed by atoms with Crippen molar-refractivity contribution in [2.75, 3.05) is 0 Å². The van der Waals surface area contributed by atoms with Crippen LogP contribution in [0.15, 0.2) is 47.1 Å². The molecule has 0 fully saturated rings. The summed E-state index contributed by atoms with van der Waals surface area (Å²) in [6.45, 7) is 4.27. The van der Waals surface area contributed by atoms with Gasteiger partial charge in [-0.1, -0.05) is 61.3 Å². The Morgan fingerprint density at radius 3 is 2.43 bits per heavy atom. The Hall–Kier alpha value is -2.00. The summed E-state index contributed by atoms with van der Waals surface area (Å²) in [7, 11) is 0. The van der Waals surface area contributed by atoms with Crippen LogP contribution in [-0.2, 0) is 0 Å². The van der Waals surface area contributed by atoms with Crippen molar-refractivity contribution >= 4 is 29.3 Å². The first-order chi connectivity index (χ1) is 10.8. The van der Waals surface area contributed by atoms with Gasteiger partial charge in [-0.15, -0.1) is 0 Å². The summed E-state index contributed by atoms with van der Waals surface area (Å²) in [5.41, 5.74) is 2.95. The van der Waals surface area contributed by atoms with E-state index >= 15 is 0 Å². The molecule has 2 nitrogen and oxygen atoms in total. The van der Waals surface area contributed by atoms with Crippen molar-refractivity contribution in [1.29, 1.82) is 10.5 Å². The predicted octanol–water partition coefficient (Wildman–Crippen LogP) is 6.10. The smallest absolute Gasteiger partial charge is 0.132 e. The molecule has 23 heavy (non-hydrogen) atoms. The maximum absolute atomic E-state index is 9.10. The molecule has 4 heteroatoms. The molecule has 0 saturated carbocycles. The Labute approximate surface area is 146 Å². The van der Waals surface area contributed by atoms with E-state index in [0.29, 0.717) is 10.0 Å². The summed E-state index contributed by atoms with van der Waals surface area (Å²) in [6, 6.07) is 9.33. The average molecular weight is 343 g/mol. The van der Waals surface area contributed by atoms with E-state index in [4.69, 9.17) is 33.7 Å². The highest BCUT2D eigenvalue weighted by Crippen LogP contribution is 2.39. The molecule has 1 aliphatic rings. The topological polar surface area (TPSA) is 47.6 Å². The number of nitriles is 2. The molecule has 0 saturated heterocycles. The largest absolute Gasteiger partial charge is 0.192 e. The number of halogens is 2. The fourth-order valence-electron chi connectivity index (χ4n) is 2.73. The van der Waals surface area contributed by atoms with Crippen molar-refractivity contribution in [1.82, 2.24) is 0 Å². The second kappa shape index (κ2) is 7.05. The predicted molar refractivity (Wildman–Crippen MR) is 94.8 cm³/mol. The summed E-state index contributed by atoms with van der Waals surface area (Å²) in [4.78, 5) is 0. The van der Waals surface area contributed by atoms with Crippen molar-refractivity contribution in [3.63, 3.8) is 0 Å². The highest BCUT2D eigenvalue weighted by Gasteiger charge is 2.26. The Bertz CT molecular complexity index is 784. The molecule has 2 rings (SSSR count). The third-order valence-corrected chi connectivity index (χ3v) is 4.26. The number of nitrogens with zero attached hydrogens (tertiary/aromatic N) is 2. The number of rotatable bonds is 2. The SMILES string of the molecule is CC1(C)CC(C=Cc2ccc(Cl)cc2Cl)=CC(=C(C#N)C#N)C1. The van der Waals surface area contributed by atoms with Gasteiger partial charge in [0.05, 0.1) is 0 Å². The van der Waals surface area contributed by atoms with Crippen LogP contribution in [0.25, 0.3) is 6.08 Å². The first-order valence-corrected chi connectivity index (χ1v) is 7.97. The van der Waals surface area contributed by atoms with Crippen LogP contribution in [-0.4, -0.2) is 0 Å². The van der Waals surface area contributed by atoms with E-state index in [0.717, 1.165) is 29.6 Å². The third kappa shape index (κ3) is 4.49. The highest BCUT2D eigenvalue weighted by molar-refractivity contribution is 6.35. The number of hydrogen-bond donors (Lipinski definition) is 0. The van der Waals surface area contributed by atoms with Crippen molar-refractivity contribution in [3.05, 3.63) is 62.7 Å². The summed E-state index contributed by atoms with van der Waals surface area (Å²) < 4.78 is 0. The summed E-state index contributed by atoms with van der Waals surface area (Å²) >= 11 is 12.1. The van der Waals surface area contributed by atoms with E-state index < -0.39 is 0 Å². The molecule has 0 amide bonds. The van der Waals surface area contributed by atoms with Gasteiger partial charge in [-0.3, -0.25) is 0 Å². The molecule has 0 radical (unpaired) electrons. The van der Waals surface area contributed by atoms with Crippen molar-refractivity contribution in [2.24, 2.45) is 5.41 Å². The van der Waals surface area contributed by atoms with Gasteiger partial charge in [-0.05, 0) is 47.1 Å². The lowest BCUT2D eigenvalue weighted by molar-refractivity contribution is 0.354. The highest BCUT2D eigenvalue weighted by atomic mass is 35.5. The second-order valence-corrected chi connectivity index (χ2v) is 7.20. The molecule has 0 heterocycles. The molecule has 0 unspecified atom stereocenters. The molecule has 0 aliphatic heterocycles.